The van der Waals surface area contributed by atoms with Gasteiger partial charge in [-0.1, -0.05) is 15.9 Å². The van der Waals surface area contributed by atoms with E-state index in [4.69, 9.17) is 16.6 Å². The Morgan fingerprint density at radius 3 is 2.79 bits per heavy atom. The topological polar surface area (TPSA) is 46.0 Å². The van der Waals surface area contributed by atoms with Gasteiger partial charge in [-0.15, -0.1) is 0 Å². The number of nitrogens with one attached hydrogen (secondary N) is 1. The van der Waals surface area contributed by atoms with Gasteiger partial charge in [-0.3, -0.25) is 9.78 Å². The highest BCUT2D eigenvalue weighted by molar-refractivity contribution is 9.11. The van der Waals surface area contributed by atoms with Crippen LogP contribution in [0.4, 0.5) is 0 Å². The number of rotatable bonds is 0. The van der Waals surface area contributed by atoms with Gasteiger partial charge in [-0.2, -0.15) is 0 Å². The summed E-state index contributed by atoms with van der Waals surface area (Å²) in [4.78, 5) is 14.0. The van der Waals surface area contributed by atoms with Crippen LogP contribution in [0.3, 0.4) is 0 Å². The fraction of sp³-hybridized carbons (Fsp3) is 0. The number of aromatic amines is 1. The average molecular weight is 337 g/mol. The second-order valence-electron chi connectivity index (χ2n) is 2.61. The Bertz CT molecular complexity index is 617. The number of hydrogen-bond acceptors (Lipinski definition) is 3. The molecule has 0 amide bonds. The van der Waals surface area contributed by atoms with Gasteiger partial charge in [0.1, 0.15) is 0 Å². The van der Waals surface area contributed by atoms with Crippen LogP contribution in [0.15, 0.2) is 30.3 Å². The summed E-state index contributed by atoms with van der Waals surface area (Å²) in [5.74, 6) is 0. The Hall–Kier alpha value is -0.460. The Labute approximate surface area is 100 Å². The monoisotopic (exact) mass is 335 g/mol. The first-order valence-corrected chi connectivity index (χ1v) is 5.59. The van der Waals surface area contributed by atoms with E-state index in [0.717, 1.165) is 4.47 Å². The molecular formula is C8H3Br2NO2S. The molecular weight excluding hydrogens is 334 g/mol. The van der Waals surface area contributed by atoms with E-state index < -0.39 is 0 Å². The molecule has 0 unspecified atom stereocenters. The molecule has 3 nitrogen and oxygen atoms in total. The molecule has 2 rings (SSSR count). The summed E-state index contributed by atoms with van der Waals surface area (Å²) in [5, 5.41) is 0.458. The van der Waals surface area contributed by atoms with Crippen LogP contribution < -0.4 is 5.56 Å². The van der Waals surface area contributed by atoms with E-state index in [1.165, 1.54) is 0 Å². The third kappa shape index (κ3) is 1.69. The molecule has 0 fully saturated rings. The lowest BCUT2D eigenvalue weighted by atomic mass is 10.2. The van der Waals surface area contributed by atoms with Crippen molar-refractivity contribution in [3.8, 4) is 0 Å². The summed E-state index contributed by atoms with van der Waals surface area (Å²) in [6.45, 7) is 0. The predicted molar refractivity (Wildman–Crippen MR) is 63.1 cm³/mol. The summed E-state index contributed by atoms with van der Waals surface area (Å²) in [6, 6.07) is 3.47. The fourth-order valence-electron chi connectivity index (χ4n) is 1.11. The molecule has 1 aromatic carbocycles. The number of halogens is 2. The minimum absolute atomic E-state index is 0.0746. The number of aromatic nitrogens is 1. The average Bonchev–Trinajstić information content (AvgIpc) is 2.07. The summed E-state index contributed by atoms with van der Waals surface area (Å²) in [6.07, 6.45) is 0. The quantitative estimate of drug-likeness (QED) is 0.750. The standard InChI is InChI=1S/C8H3Br2NO2S/c9-3-1-4-6(5(10)2-3)13-8(14)11-7(4)12/h1-2H,(H,11,12,14). The van der Waals surface area contributed by atoms with Crippen molar-refractivity contribution in [3.63, 3.8) is 0 Å². The Kier molecular flexibility index (Phi) is 2.59. The molecule has 1 N–H and O–H groups in total. The van der Waals surface area contributed by atoms with Gasteiger partial charge in [0.2, 0.25) is 0 Å². The number of H-pyrrole nitrogens is 1. The molecule has 0 aliphatic heterocycles. The first kappa shape index (κ1) is 10.1. The molecule has 0 radical (unpaired) electrons. The van der Waals surface area contributed by atoms with Crippen LogP contribution in [0.5, 0.6) is 0 Å². The molecule has 0 saturated heterocycles. The molecule has 1 heterocycles. The van der Waals surface area contributed by atoms with Crippen LogP contribution in [0.1, 0.15) is 0 Å². The van der Waals surface area contributed by atoms with Gasteiger partial charge in [-0.05, 0) is 40.3 Å². The predicted octanol–water partition coefficient (Wildman–Crippen LogP) is 3.38. The lowest BCUT2D eigenvalue weighted by molar-refractivity contribution is 0.555. The van der Waals surface area contributed by atoms with E-state index in [9.17, 15) is 4.79 Å². The van der Waals surface area contributed by atoms with Crippen LogP contribution >= 0.6 is 44.1 Å². The highest BCUT2D eigenvalue weighted by atomic mass is 79.9. The molecule has 2 aromatic rings. The van der Waals surface area contributed by atoms with Crippen LogP contribution in [0, 0.1) is 4.84 Å². The van der Waals surface area contributed by atoms with E-state index in [0.29, 0.717) is 15.4 Å². The highest BCUT2D eigenvalue weighted by Crippen LogP contribution is 2.26. The molecule has 14 heavy (non-hydrogen) atoms. The maximum absolute atomic E-state index is 11.5. The lowest BCUT2D eigenvalue weighted by Gasteiger charge is -1.99. The van der Waals surface area contributed by atoms with Crippen LogP contribution in [-0.2, 0) is 0 Å². The largest absolute Gasteiger partial charge is 0.430 e. The molecule has 0 spiro atoms. The number of benzene rings is 1. The van der Waals surface area contributed by atoms with Crippen molar-refractivity contribution in [1.29, 1.82) is 0 Å². The number of hydrogen-bond donors (Lipinski definition) is 1. The van der Waals surface area contributed by atoms with Gasteiger partial charge in [0.15, 0.2) is 5.58 Å². The summed E-state index contributed by atoms with van der Waals surface area (Å²) in [5.41, 5.74) is 0.209. The maximum atomic E-state index is 11.5. The Balaban J connectivity index is 3.10. The second kappa shape index (κ2) is 3.60. The van der Waals surface area contributed by atoms with Crippen molar-refractivity contribution in [3.05, 3.63) is 36.3 Å². The van der Waals surface area contributed by atoms with Crippen molar-refractivity contribution in [1.82, 2.24) is 4.98 Å². The molecule has 0 aliphatic rings. The molecule has 0 aliphatic carbocycles. The van der Waals surface area contributed by atoms with Crippen molar-refractivity contribution in [2.45, 2.75) is 0 Å². The molecule has 6 heteroatoms. The van der Waals surface area contributed by atoms with Gasteiger partial charge in [0.05, 0.1) is 9.86 Å². The molecule has 0 atom stereocenters. The van der Waals surface area contributed by atoms with Crippen LogP contribution in [-0.4, -0.2) is 4.98 Å². The summed E-state index contributed by atoms with van der Waals surface area (Å²) in [7, 11) is 0. The highest BCUT2D eigenvalue weighted by Gasteiger charge is 2.06. The smallest absolute Gasteiger partial charge is 0.269 e. The first-order valence-electron chi connectivity index (χ1n) is 3.60. The first-order chi connectivity index (χ1) is 6.58. The normalized spacial score (nSPS) is 10.7. The zero-order valence-electron chi connectivity index (χ0n) is 6.64. The molecule has 0 bridgehead atoms. The van der Waals surface area contributed by atoms with E-state index in [1.807, 2.05) is 0 Å². The Morgan fingerprint density at radius 1 is 1.36 bits per heavy atom. The third-order valence-corrected chi connectivity index (χ3v) is 2.90. The van der Waals surface area contributed by atoms with Crippen molar-refractivity contribution in [2.75, 3.05) is 0 Å². The maximum Gasteiger partial charge on any atom is 0.269 e. The van der Waals surface area contributed by atoms with Crippen molar-refractivity contribution < 1.29 is 4.42 Å². The van der Waals surface area contributed by atoms with Gasteiger partial charge in [0.25, 0.3) is 10.4 Å². The third-order valence-electron chi connectivity index (χ3n) is 1.66. The Morgan fingerprint density at radius 2 is 2.07 bits per heavy atom. The summed E-state index contributed by atoms with van der Waals surface area (Å²) >= 11 is 11.3. The minimum atomic E-state index is -0.252. The summed E-state index contributed by atoms with van der Waals surface area (Å²) < 4.78 is 6.71. The lowest BCUT2D eigenvalue weighted by Crippen LogP contribution is -2.05. The minimum Gasteiger partial charge on any atom is -0.430 e. The van der Waals surface area contributed by atoms with Gasteiger partial charge < -0.3 is 4.42 Å². The van der Waals surface area contributed by atoms with Gasteiger partial charge in [-0.25, -0.2) is 0 Å². The zero-order valence-corrected chi connectivity index (χ0v) is 10.6. The SMILES string of the molecule is O=c1[nH]c(=S)oc2c(Br)cc(Br)cc12. The van der Waals surface area contributed by atoms with Gasteiger partial charge >= 0.3 is 0 Å². The molecule has 72 valence electrons. The van der Waals surface area contributed by atoms with Crippen LogP contribution in [0.2, 0.25) is 0 Å². The van der Waals surface area contributed by atoms with Crippen molar-refractivity contribution in [2.24, 2.45) is 0 Å². The van der Waals surface area contributed by atoms with Crippen molar-refractivity contribution >= 4 is 55.0 Å². The van der Waals surface area contributed by atoms with E-state index in [2.05, 4.69) is 36.8 Å². The van der Waals surface area contributed by atoms with E-state index in [-0.39, 0.29) is 10.4 Å². The van der Waals surface area contributed by atoms with Crippen LogP contribution in [0.25, 0.3) is 11.0 Å². The molecule has 1 aromatic heterocycles. The van der Waals surface area contributed by atoms with E-state index in [1.54, 1.807) is 12.1 Å². The fourth-order valence-corrected chi connectivity index (χ4v) is 2.59. The zero-order chi connectivity index (χ0) is 10.3. The molecule has 0 saturated carbocycles. The van der Waals surface area contributed by atoms with Gasteiger partial charge in [0, 0.05) is 4.47 Å². The van der Waals surface area contributed by atoms with E-state index >= 15 is 0 Å². The second-order valence-corrected chi connectivity index (χ2v) is 4.75. The number of fused-ring (bicyclic) bond motifs is 1.